The van der Waals surface area contributed by atoms with Crippen molar-refractivity contribution in [3.8, 4) is 0 Å². The number of hydrogen-bond donors (Lipinski definition) is 2. The molecular weight excluding hydrogens is 346 g/mol. The standard InChI is InChI=1S/C11H10BrCl3N2/c12-8-6-16-10(11(13,14)15)17-9(8)7-4-2-1-3-5-7/h1-5,8-9H,6H2,(H,16,17)/p+1. The first-order valence-electron chi connectivity index (χ1n) is 5.12. The number of nitrogens with one attached hydrogen (secondary N) is 2. The van der Waals surface area contributed by atoms with Crippen LogP contribution in [0, 0.1) is 0 Å². The Labute approximate surface area is 123 Å². The fourth-order valence-electron chi connectivity index (χ4n) is 1.75. The van der Waals surface area contributed by atoms with Crippen molar-refractivity contribution in [1.82, 2.24) is 5.32 Å². The highest BCUT2D eigenvalue weighted by Crippen LogP contribution is 2.29. The SMILES string of the molecule is ClC(Cl)(Cl)C1=[NH+]CC(Br)C(c2ccccc2)N1. The lowest BCUT2D eigenvalue weighted by molar-refractivity contribution is -0.465. The van der Waals surface area contributed by atoms with E-state index in [-0.39, 0.29) is 10.9 Å². The second kappa shape index (κ2) is 5.35. The average molecular weight is 357 g/mol. The molecule has 17 heavy (non-hydrogen) atoms. The van der Waals surface area contributed by atoms with Crippen LogP contribution in [0.2, 0.25) is 0 Å². The molecular formula is C11H11BrCl3N2+. The Balaban J connectivity index is 2.23. The molecule has 0 saturated heterocycles. The summed E-state index contributed by atoms with van der Waals surface area (Å²) in [4.78, 5) is 3.31. The molecule has 0 amide bonds. The van der Waals surface area contributed by atoms with Crippen LogP contribution in [0.3, 0.4) is 0 Å². The van der Waals surface area contributed by atoms with Gasteiger partial charge in [-0.25, -0.2) is 0 Å². The molecule has 0 aliphatic carbocycles. The van der Waals surface area contributed by atoms with Crippen molar-refractivity contribution < 1.29 is 4.99 Å². The normalized spacial score (nSPS) is 25.1. The van der Waals surface area contributed by atoms with Gasteiger partial charge in [0.25, 0.3) is 9.63 Å². The number of hydrogen-bond acceptors (Lipinski definition) is 1. The summed E-state index contributed by atoms with van der Waals surface area (Å²) in [7, 11) is 0. The van der Waals surface area contributed by atoms with E-state index in [1.54, 1.807) is 0 Å². The van der Waals surface area contributed by atoms with Gasteiger partial charge in [0.1, 0.15) is 6.04 Å². The molecule has 2 rings (SSSR count). The number of benzene rings is 1. The molecule has 0 fully saturated rings. The maximum absolute atomic E-state index is 5.87. The minimum absolute atomic E-state index is 0.0862. The quantitative estimate of drug-likeness (QED) is 0.738. The Morgan fingerprint density at radius 2 is 1.88 bits per heavy atom. The Kier molecular flexibility index (Phi) is 4.24. The van der Waals surface area contributed by atoms with Crippen LogP contribution in [0.1, 0.15) is 11.6 Å². The predicted octanol–water partition coefficient (Wildman–Crippen LogP) is 1.94. The summed E-state index contributed by atoms with van der Waals surface area (Å²) in [6.45, 7) is 0.704. The van der Waals surface area contributed by atoms with E-state index in [4.69, 9.17) is 34.8 Å². The van der Waals surface area contributed by atoms with Crippen molar-refractivity contribution in [2.75, 3.05) is 6.54 Å². The predicted molar refractivity (Wildman–Crippen MR) is 76.2 cm³/mol. The van der Waals surface area contributed by atoms with E-state index in [0.29, 0.717) is 12.4 Å². The Morgan fingerprint density at radius 1 is 1.24 bits per heavy atom. The van der Waals surface area contributed by atoms with Gasteiger partial charge >= 0.3 is 0 Å². The van der Waals surface area contributed by atoms with Crippen molar-refractivity contribution in [3.05, 3.63) is 35.9 Å². The Hall–Kier alpha value is 0.0400. The number of halogens is 4. The van der Waals surface area contributed by atoms with Gasteiger partial charge in [0.2, 0.25) is 0 Å². The third kappa shape index (κ3) is 3.28. The van der Waals surface area contributed by atoms with Gasteiger partial charge in [0.15, 0.2) is 0 Å². The van der Waals surface area contributed by atoms with Crippen molar-refractivity contribution in [3.63, 3.8) is 0 Å². The summed E-state index contributed by atoms with van der Waals surface area (Å²) in [6.07, 6.45) is 0. The zero-order valence-electron chi connectivity index (χ0n) is 8.76. The number of amidine groups is 1. The zero-order valence-corrected chi connectivity index (χ0v) is 12.6. The van der Waals surface area contributed by atoms with Crippen molar-refractivity contribution in [2.45, 2.75) is 14.7 Å². The smallest absolute Gasteiger partial charge is 0.273 e. The second-order valence-corrected chi connectivity index (χ2v) is 7.26. The monoisotopic (exact) mass is 355 g/mol. The van der Waals surface area contributed by atoms with Crippen LogP contribution in [0.25, 0.3) is 0 Å². The van der Waals surface area contributed by atoms with Gasteiger partial charge in [-0.15, -0.1) is 0 Å². The molecule has 0 saturated carbocycles. The first-order valence-corrected chi connectivity index (χ1v) is 7.17. The lowest BCUT2D eigenvalue weighted by Gasteiger charge is -2.26. The van der Waals surface area contributed by atoms with Crippen molar-refractivity contribution in [2.24, 2.45) is 0 Å². The summed E-state index contributed by atoms with van der Waals surface area (Å²) in [5.41, 5.74) is 1.16. The molecule has 1 aromatic carbocycles. The third-order valence-corrected chi connectivity index (χ3v) is 4.00. The molecule has 0 bridgehead atoms. The molecule has 0 spiro atoms. The summed E-state index contributed by atoms with van der Waals surface area (Å²) in [6, 6.07) is 10.2. The Bertz CT molecular complexity index is 416. The molecule has 1 heterocycles. The number of alkyl halides is 4. The van der Waals surface area contributed by atoms with Crippen LogP contribution < -0.4 is 10.3 Å². The van der Waals surface area contributed by atoms with Crippen LogP contribution in [-0.2, 0) is 0 Å². The first kappa shape index (κ1) is 13.5. The third-order valence-electron chi connectivity index (χ3n) is 2.58. The molecule has 0 aromatic heterocycles. The van der Waals surface area contributed by atoms with E-state index in [1.807, 2.05) is 30.3 Å². The fraction of sp³-hybridized carbons (Fsp3) is 0.364. The summed E-state index contributed by atoms with van der Waals surface area (Å²) < 4.78 is -1.44. The highest BCUT2D eigenvalue weighted by molar-refractivity contribution is 9.09. The van der Waals surface area contributed by atoms with E-state index in [2.05, 4.69) is 26.2 Å². The zero-order chi connectivity index (χ0) is 12.5. The van der Waals surface area contributed by atoms with Gasteiger partial charge in [-0.1, -0.05) is 81.1 Å². The van der Waals surface area contributed by atoms with Gasteiger partial charge in [0.05, 0.1) is 11.4 Å². The van der Waals surface area contributed by atoms with Gasteiger partial charge in [0, 0.05) is 0 Å². The van der Waals surface area contributed by atoms with Crippen molar-refractivity contribution >= 4 is 56.6 Å². The first-order chi connectivity index (χ1) is 7.98. The van der Waals surface area contributed by atoms with Gasteiger partial charge in [-0.3, -0.25) is 10.3 Å². The molecule has 2 atom stereocenters. The van der Waals surface area contributed by atoms with Gasteiger partial charge < -0.3 is 0 Å². The maximum Gasteiger partial charge on any atom is 0.296 e. The fourth-order valence-corrected chi connectivity index (χ4v) is 2.71. The molecule has 6 heteroatoms. The minimum atomic E-state index is -1.44. The van der Waals surface area contributed by atoms with Crippen LogP contribution in [0.5, 0.6) is 0 Å². The molecule has 1 aromatic rings. The molecule has 2 unspecified atom stereocenters. The Morgan fingerprint density at radius 3 is 2.47 bits per heavy atom. The highest BCUT2D eigenvalue weighted by Gasteiger charge is 2.41. The van der Waals surface area contributed by atoms with Crippen LogP contribution in [0.15, 0.2) is 30.3 Å². The second-order valence-electron chi connectivity index (χ2n) is 3.80. The molecule has 1 aliphatic rings. The van der Waals surface area contributed by atoms with Gasteiger partial charge in [-0.2, -0.15) is 0 Å². The lowest BCUT2D eigenvalue weighted by atomic mass is 10.0. The molecule has 92 valence electrons. The molecule has 0 radical (unpaired) electrons. The van der Waals surface area contributed by atoms with Crippen molar-refractivity contribution in [1.29, 1.82) is 0 Å². The van der Waals surface area contributed by atoms with E-state index in [0.717, 1.165) is 5.56 Å². The summed E-state index contributed by atoms with van der Waals surface area (Å²) in [5.74, 6) is 0.520. The summed E-state index contributed by atoms with van der Waals surface area (Å²) >= 11 is 21.2. The molecule has 1 aliphatic heterocycles. The molecule has 2 nitrogen and oxygen atoms in total. The lowest BCUT2D eigenvalue weighted by Crippen LogP contribution is -2.84. The average Bonchev–Trinajstić information content (AvgIpc) is 2.29. The van der Waals surface area contributed by atoms with Crippen LogP contribution in [0.4, 0.5) is 0 Å². The van der Waals surface area contributed by atoms with Gasteiger partial charge in [-0.05, 0) is 5.56 Å². The minimum Gasteiger partial charge on any atom is -0.273 e. The highest BCUT2D eigenvalue weighted by atomic mass is 79.9. The van der Waals surface area contributed by atoms with E-state index < -0.39 is 3.79 Å². The topological polar surface area (TPSA) is 26.0 Å². The van der Waals surface area contributed by atoms with E-state index in [1.165, 1.54) is 0 Å². The van der Waals surface area contributed by atoms with Crippen LogP contribution in [-0.4, -0.2) is 21.0 Å². The number of rotatable bonds is 1. The maximum atomic E-state index is 5.87. The van der Waals surface area contributed by atoms with Crippen LogP contribution >= 0.6 is 50.7 Å². The van der Waals surface area contributed by atoms with E-state index >= 15 is 0 Å². The largest absolute Gasteiger partial charge is 0.296 e. The molecule has 2 N–H and O–H groups in total. The van der Waals surface area contributed by atoms with E-state index in [9.17, 15) is 0 Å². The summed E-state index contributed by atoms with van der Waals surface area (Å²) in [5, 5.41) is 3.22.